The Bertz CT molecular complexity index is 785. The number of amides is 1. The van der Waals surface area contributed by atoms with Gasteiger partial charge in [-0.15, -0.1) is 0 Å². The second kappa shape index (κ2) is 6.67. The zero-order valence-corrected chi connectivity index (χ0v) is 15.0. The Kier molecular flexibility index (Phi) is 4.57. The van der Waals surface area contributed by atoms with E-state index in [2.05, 4.69) is 5.32 Å². The molecular weight excluding hydrogens is 318 g/mol. The van der Waals surface area contributed by atoms with Gasteiger partial charge in [-0.3, -0.25) is 4.79 Å². The van der Waals surface area contributed by atoms with Crippen molar-refractivity contribution >= 4 is 5.91 Å². The Morgan fingerprint density at radius 2 is 1.84 bits per heavy atom. The summed E-state index contributed by atoms with van der Waals surface area (Å²) in [6, 6.07) is 12.6. The summed E-state index contributed by atoms with van der Waals surface area (Å²) >= 11 is 0. The topological polar surface area (TPSA) is 56.8 Å². The van der Waals surface area contributed by atoms with E-state index in [9.17, 15) is 4.79 Å². The molecule has 1 amide bonds. The van der Waals surface area contributed by atoms with Gasteiger partial charge in [-0.25, -0.2) is 0 Å². The lowest BCUT2D eigenvalue weighted by Gasteiger charge is -2.38. The van der Waals surface area contributed by atoms with E-state index >= 15 is 0 Å². The van der Waals surface area contributed by atoms with Crippen LogP contribution in [-0.4, -0.2) is 25.7 Å². The summed E-state index contributed by atoms with van der Waals surface area (Å²) in [4.78, 5) is 12.7. The molecule has 0 saturated carbocycles. The number of benzene rings is 2. The minimum atomic E-state index is -0.367. The zero-order valence-electron chi connectivity index (χ0n) is 15.0. The molecule has 3 rings (SSSR count). The summed E-state index contributed by atoms with van der Waals surface area (Å²) in [5, 5.41) is 3.12. The van der Waals surface area contributed by atoms with Crippen LogP contribution in [0.15, 0.2) is 42.5 Å². The largest absolute Gasteiger partial charge is 0.497 e. The minimum absolute atomic E-state index is 0.143. The number of methoxy groups -OCH3 is 2. The summed E-state index contributed by atoms with van der Waals surface area (Å²) in [7, 11) is 3.21. The highest BCUT2D eigenvalue weighted by molar-refractivity contribution is 5.94. The van der Waals surface area contributed by atoms with Crippen LogP contribution in [0.5, 0.6) is 17.2 Å². The average Bonchev–Trinajstić information content (AvgIpc) is 2.60. The van der Waals surface area contributed by atoms with Gasteiger partial charge in [0.05, 0.1) is 20.3 Å². The number of hydrogen-bond acceptors (Lipinski definition) is 4. The van der Waals surface area contributed by atoms with Gasteiger partial charge in [0, 0.05) is 17.5 Å². The number of fused-ring (bicyclic) bond motifs is 1. The molecule has 5 heteroatoms. The van der Waals surface area contributed by atoms with Gasteiger partial charge in [-0.1, -0.05) is 6.07 Å². The number of ether oxygens (including phenoxy) is 3. The van der Waals surface area contributed by atoms with E-state index < -0.39 is 0 Å². The van der Waals surface area contributed by atoms with Crippen LogP contribution >= 0.6 is 0 Å². The molecule has 25 heavy (non-hydrogen) atoms. The molecule has 132 valence electrons. The summed E-state index contributed by atoms with van der Waals surface area (Å²) < 4.78 is 16.6. The highest BCUT2D eigenvalue weighted by atomic mass is 16.5. The van der Waals surface area contributed by atoms with Crippen LogP contribution < -0.4 is 19.5 Å². The van der Waals surface area contributed by atoms with Crippen molar-refractivity contribution in [3.05, 3.63) is 53.6 Å². The fraction of sp³-hybridized carbons (Fsp3) is 0.350. The van der Waals surface area contributed by atoms with Crippen molar-refractivity contribution in [2.75, 3.05) is 14.2 Å². The Hall–Kier alpha value is -2.69. The molecule has 0 fully saturated rings. The maximum Gasteiger partial charge on any atom is 0.251 e. The first-order chi connectivity index (χ1) is 11.9. The maximum absolute atomic E-state index is 12.7. The molecule has 1 heterocycles. The summed E-state index contributed by atoms with van der Waals surface area (Å²) in [5.74, 6) is 2.02. The van der Waals surface area contributed by atoms with E-state index in [0.29, 0.717) is 17.7 Å². The highest BCUT2D eigenvalue weighted by Crippen LogP contribution is 2.41. The van der Waals surface area contributed by atoms with Gasteiger partial charge in [-0.05, 0) is 50.2 Å². The predicted octanol–water partition coefficient (Wildman–Crippen LogP) is 3.74. The van der Waals surface area contributed by atoms with Gasteiger partial charge >= 0.3 is 0 Å². The van der Waals surface area contributed by atoms with Gasteiger partial charge in [0.1, 0.15) is 22.8 Å². The number of carbonyl (C=O) groups is 1. The van der Waals surface area contributed by atoms with Crippen molar-refractivity contribution in [3.63, 3.8) is 0 Å². The second-order valence-corrected chi connectivity index (χ2v) is 6.73. The molecule has 0 aliphatic carbocycles. The molecule has 0 saturated heterocycles. The Morgan fingerprint density at radius 3 is 2.56 bits per heavy atom. The molecule has 1 aliphatic heterocycles. The van der Waals surface area contributed by atoms with Crippen LogP contribution in [-0.2, 0) is 0 Å². The lowest BCUT2D eigenvalue weighted by atomic mass is 9.89. The van der Waals surface area contributed by atoms with Crippen molar-refractivity contribution in [3.8, 4) is 17.2 Å². The third kappa shape index (κ3) is 3.71. The molecule has 0 radical (unpaired) electrons. The van der Waals surface area contributed by atoms with Crippen LogP contribution in [0.3, 0.4) is 0 Å². The van der Waals surface area contributed by atoms with Crippen molar-refractivity contribution in [2.24, 2.45) is 0 Å². The smallest absolute Gasteiger partial charge is 0.251 e. The molecular formula is C20H23NO4. The number of carbonyl (C=O) groups excluding carboxylic acids is 1. The van der Waals surface area contributed by atoms with Crippen molar-refractivity contribution in [1.29, 1.82) is 0 Å². The van der Waals surface area contributed by atoms with Crippen LogP contribution in [0.4, 0.5) is 0 Å². The molecule has 0 spiro atoms. The molecule has 0 aromatic heterocycles. The predicted molar refractivity (Wildman–Crippen MR) is 95.5 cm³/mol. The molecule has 5 nitrogen and oxygen atoms in total. The standard InChI is InChI=1S/C20H23NO4/c1-20(2)12-17(16-11-15(24-4)8-9-18(16)25-20)21-19(22)13-6-5-7-14(10-13)23-3/h5-11,17H,12H2,1-4H3,(H,21,22). The lowest BCUT2D eigenvalue weighted by Crippen LogP contribution is -2.41. The average molecular weight is 341 g/mol. The first-order valence-electron chi connectivity index (χ1n) is 8.24. The van der Waals surface area contributed by atoms with Crippen LogP contribution in [0.25, 0.3) is 0 Å². The molecule has 2 aromatic carbocycles. The number of nitrogens with one attached hydrogen (secondary N) is 1. The van der Waals surface area contributed by atoms with Gasteiger partial charge in [0.2, 0.25) is 0 Å². The molecule has 1 aliphatic rings. The van der Waals surface area contributed by atoms with Crippen molar-refractivity contribution < 1.29 is 19.0 Å². The first-order valence-corrected chi connectivity index (χ1v) is 8.24. The monoisotopic (exact) mass is 341 g/mol. The van der Waals surface area contributed by atoms with Crippen molar-refractivity contribution in [2.45, 2.75) is 31.9 Å². The van der Waals surface area contributed by atoms with Crippen LogP contribution in [0.2, 0.25) is 0 Å². The zero-order chi connectivity index (χ0) is 18.0. The van der Waals surface area contributed by atoms with Gasteiger partial charge < -0.3 is 19.5 Å². The summed E-state index contributed by atoms with van der Waals surface area (Å²) in [6.45, 7) is 4.04. The summed E-state index contributed by atoms with van der Waals surface area (Å²) in [5.41, 5.74) is 1.12. The van der Waals surface area contributed by atoms with E-state index in [1.165, 1.54) is 0 Å². The highest BCUT2D eigenvalue weighted by Gasteiger charge is 2.35. The number of hydrogen-bond donors (Lipinski definition) is 1. The quantitative estimate of drug-likeness (QED) is 0.920. The Morgan fingerprint density at radius 1 is 1.12 bits per heavy atom. The molecule has 1 unspecified atom stereocenters. The molecule has 2 aromatic rings. The first kappa shape index (κ1) is 17.1. The van der Waals surface area contributed by atoms with E-state index in [1.54, 1.807) is 32.4 Å². The van der Waals surface area contributed by atoms with Crippen molar-refractivity contribution in [1.82, 2.24) is 5.32 Å². The lowest BCUT2D eigenvalue weighted by molar-refractivity contribution is 0.0618. The number of rotatable bonds is 4. The minimum Gasteiger partial charge on any atom is -0.497 e. The Labute approximate surface area is 147 Å². The maximum atomic E-state index is 12.7. The van der Waals surface area contributed by atoms with E-state index in [-0.39, 0.29) is 17.6 Å². The normalized spacial score (nSPS) is 17.8. The van der Waals surface area contributed by atoms with E-state index in [4.69, 9.17) is 14.2 Å². The summed E-state index contributed by atoms with van der Waals surface area (Å²) in [6.07, 6.45) is 0.670. The van der Waals surface area contributed by atoms with Gasteiger partial charge in [0.25, 0.3) is 5.91 Å². The third-order valence-electron chi connectivity index (χ3n) is 4.31. The molecule has 1 atom stereocenters. The van der Waals surface area contributed by atoms with Gasteiger partial charge in [0.15, 0.2) is 0 Å². The van der Waals surface area contributed by atoms with Gasteiger partial charge in [-0.2, -0.15) is 0 Å². The van der Waals surface area contributed by atoms with E-state index in [0.717, 1.165) is 17.1 Å². The second-order valence-electron chi connectivity index (χ2n) is 6.73. The molecule has 1 N–H and O–H groups in total. The fourth-order valence-corrected chi connectivity index (χ4v) is 3.09. The fourth-order valence-electron chi connectivity index (χ4n) is 3.09. The third-order valence-corrected chi connectivity index (χ3v) is 4.31. The van der Waals surface area contributed by atoms with Crippen LogP contribution in [0, 0.1) is 0 Å². The molecule has 0 bridgehead atoms. The SMILES string of the molecule is COc1cccc(C(=O)NC2CC(C)(C)Oc3ccc(OC)cc32)c1. The van der Waals surface area contributed by atoms with E-state index in [1.807, 2.05) is 38.1 Å². The van der Waals surface area contributed by atoms with Crippen LogP contribution in [0.1, 0.15) is 42.2 Å². The Balaban J connectivity index is 1.89.